The maximum Gasteiger partial charge on any atom is 0.128 e. The van der Waals surface area contributed by atoms with Gasteiger partial charge >= 0.3 is 0 Å². The molecule has 0 amide bonds. The van der Waals surface area contributed by atoms with Crippen LogP contribution in [0.5, 0.6) is 5.75 Å². The number of hydrogen-bond donors (Lipinski definition) is 1. The third-order valence-corrected chi connectivity index (χ3v) is 3.26. The summed E-state index contributed by atoms with van der Waals surface area (Å²) in [6.07, 6.45) is 0. The van der Waals surface area contributed by atoms with Crippen LogP contribution in [0.4, 0.5) is 0 Å². The van der Waals surface area contributed by atoms with Gasteiger partial charge in [0.05, 0.1) is 5.69 Å². The van der Waals surface area contributed by atoms with E-state index in [-0.39, 0.29) is 0 Å². The van der Waals surface area contributed by atoms with Gasteiger partial charge in [-0.05, 0) is 48.2 Å². The van der Waals surface area contributed by atoms with E-state index in [9.17, 15) is 0 Å². The van der Waals surface area contributed by atoms with Gasteiger partial charge in [-0.2, -0.15) is 0 Å². The molecule has 3 rings (SSSR count). The molecule has 0 aliphatic rings. The maximum atomic E-state index is 5.92. The summed E-state index contributed by atoms with van der Waals surface area (Å²) < 4.78 is 5.72. The summed E-state index contributed by atoms with van der Waals surface area (Å²) in [6, 6.07) is 15.9. The number of hydrogen-bond acceptors (Lipinski definition) is 1. The van der Waals surface area contributed by atoms with Gasteiger partial charge in [0, 0.05) is 10.5 Å². The largest absolute Gasteiger partial charge is 0.487 e. The van der Waals surface area contributed by atoms with Crippen LogP contribution in [0.25, 0.3) is 10.9 Å². The molecule has 3 heteroatoms. The number of fused-ring (bicyclic) bond motifs is 1. The highest BCUT2D eigenvalue weighted by Crippen LogP contribution is 2.20. The van der Waals surface area contributed by atoms with Gasteiger partial charge in [-0.3, -0.25) is 0 Å². The van der Waals surface area contributed by atoms with Gasteiger partial charge in [-0.1, -0.05) is 29.8 Å². The van der Waals surface area contributed by atoms with Crippen LogP contribution < -0.4 is 4.74 Å². The van der Waals surface area contributed by atoms with Gasteiger partial charge in [-0.15, -0.1) is 0 Å². The lowest BCUT2D eigenvalue weighted by molar-refractivity contribution is 0.302. The lowest BCUT2D eigenvalue weighted by atomic mass is 10.2. The van der Waals surface area contributed by atoms with Gasteiger partial charge < -0.3 is 9.72 Å². The summed E-state index contributed by atoms with van der Waals surface area (Å²) in [6.45, 7) is 2.59. The van der Waals surface area contributed by atoms with E-state index in [1.165, 1.54) is 10.9 Å². The molecule has 0 radical (unpaired) electrons. The molecule has 0 fully saturated rings. The third-order valence-electron chi connectivity index (χ3n) is 3.02. The van der Waals surface area contributed by atoms with Crippen molar-refractivity contribution in [2.45, 2.75) is 13.5 Å². The predicted molar refractivity (Wildman–Crippen MR) is 78.8 cm³/mol. The smallest absolute Gasteiger partial charge is 0.128 e. The molecule has 3 aromatic rings. The number of nitrogens with one attached hydrogen (secondary N) is 1. The quantitative estimate of drug-likeness (QED) is 0.733. The Morgan fingerprint density at radius 2 is 2.00 bits per heavy atom. The lowest BCUT2D eigenvalue weighted by Crippen LogP contribution is -1.95. The molecule has 19 heavy (non-hydrogen) atoms. The monoisotopic (exact) mass is 271 g/mol. The van der Waals surface area contributed by atoms with Crippen molar-refractivity contribution < 1.29 is 4.74 Å². The van der Waals surface area contributed by atoms with E-state index in [2.05, 4.69) is 36.2 Å². The van der Waals surface area contributed by atoms with Gasteiger partial charge in [0.1, 0.15) is 12.4 Å². The molecule has 0 spiro atoms. The average molecular weight is 272 g/mol. The van der Waals surface area contributed by atoms with E-state index in [1.807, 2.05) is 24.3 Å². The molecule has 96 valence electrons. The Hall–Kier alpha value is -1.93. The van der Waals surface area contributed by atoms with Gasteiger partial charge in [-0.25, -0.2) is 0 Å². The summed E-state index contributed by atoms with van der Waals surface area (Å²) >= 11 is 5.92. The first-order valence-corrected chi connectivity index (χ1v) is 6.55. The zero-order valence-corrected chi connectivity index (χ0v) is 11.4. The Balaban J connectivity index is 1.78. The van der Waals surface area contributed by atoms with Crippen molar-refractivity contribution in [1.29, 1.82) is 0 Å². The second-order valence-corrected chi connectivity index (χ2v) is 5.07. The van der Waals surface area contributed by atoms with Crippen LogP contribution in [0.3, 0.4) is 0 Å². The van der Waals surface area contributed by atoms with Crippen LogP contribution in [0.2, 0.25) is 5.02 Å². The van der Waals surface area contributed by atoms with Crippen LogP contribution in [-0.2, 0) is 6.61 Å². The summed E-state index contributed by atoms with van der Waals surface area (Å²) in [5.74, 6) is 0.780. The van der Waals surface area contributed by atoms with E-state index in [4.69, 9.17) is 16.3 Å². The van der Waals surface area contributed by atoms with Crippen molar-refractivity contribution in [3.05, 3.63) is 64.8 Å². The zero-order chi connectivity index (χ0) is 13.2. The maximum absolute atomic E-state index is 5.92. The van der Waals surface area contributed by atoms with Gasteiger partial charge in [0.15, 0.2) is 0 Å². The third kappa shape index (κ3) is 2.74. The molecule has 1 aromatic heterocycles. The molecule has 1 heterocycles. The van der Waals surface area contributed by atoms with Crippen molar-refractivity contribution in [1.82, 2.24) is 4.98 Å². The molecule has 0 aliphatic carbocycles. The van der Waals surface area contributed by atoms with E-state index >= 15 is 0 Å². The van der Waals surface area contributed by atoms with Crippen molar-refractivity contribution >= 4 is 22.5 Å². The molecule has 0 unspecified atom stereocenters. The van der Waals surface area contributed by atoms with Crippen LogP contribution in [0.15, 0.2) is 48.5 Å². The molecule has 1 N–H and O–H groups in total. The topological polar surface area (TPSA) is 25.0 Å². The highest BCUT2D eigenvalue weighted by molar-refractivity contribution is 6.30. The molecule has 0 bridgehead atoms. The molecule has 2 aromatic carbocycles. The standard InChI is InChI=1S/C16H14ClNO/c1-11-5-6-12-8-14(18-16(12)7-11)10-19-15-4-2-3-13(17)9-15/h2-9,18H,10H2,1H3. The summed E-state index contributed by atoms with van der Waals surface area (Å²) in [4.78, 5) is 3.36. The molecule has 0 atom stereocenters. The molecule has 0 saturated heterocycles. The first-order valence-electron chi connectivity index (χ1n) is 6.17. The highest BCUT2D eigenvalue weighted by atomic mass is 35.5. The minimum atomic E-state index is 0.508. The Morgan fingerprint density at radius 3 is 2.84 bits per heavy atom. The number of aromatic amines is 1. The van der Waals surface area contributed by atoms with Crippen LogP contribution in [-0.4, -0.2) is 4.98 Å². The number of halogens is 1. The highest BCUT2D eigenvalue weighted by Gasteiger charge is 2.02. The Labute approximate surface area is 117 Å². The normalized spacial score (nSPS) is 10.8. The fourth-order valence-electron chi connectivity index (χ4n) is 2.10. The first kappa shape index (κ1) is 12.1. The van der Waals surface area contributed by atoms with Crippen molar-refractivity contribution in [2.24, 2.45) is 0 Å². The predicted octanol–water partition coefficient (Wildman–Crippen LogP) is 4.71. The number of rotatable bonds is 3. The zero-order valence-electron chi connectivity index (χ0n) is 10.6. The van der Waals surface area contributed by atoms with E-state index < -0.39 is 0 Å². The Kier molecular flexibility index (Phi) is 3.18. The molecule has 0 saturated carbocycles. The van der Waals surface area contributed by atoms with E-state index in [0.717, 1.165) is 17.0 Å². The second-order valence-electron chi connectivity index (χ2n) is 4.63. The molecule has 0 aliphatic heterocycles. The fraction of sp³-hybridized carbons (Fsp3) is 0.125. The average Bonchev–Trinajstić information content (AvgIpc) is 2.78. The van der Waals surface area contributed by atoms with Crippen LogP contribution in [0.1, 0.15) is 11.3 Å². The fourth-order valence-corrected chi connectivity index (χ4v) is 2.28. The summed E-state index contributed by atoms with van der Waals surface area (Å²) in [5, 5.41) is 1.89. The van der Waals surface area contributed by atoms with Gasteiger partial charge in [0.2, 0.25) is 0 Å². The summed E-state index contributed by atoms with van der Waals surface area (Å²) in [7, 11) is 0. The number of aromatic nitrogens is 1. The van der Waals surface area contributed by atoms with E-state index in [1.54, 1.807) is 0 Å². The minimum Gasteiger partial charge on any atom is -0.487 e. The SMILES string of the molecule is Cc1ccc2cc(COc3cccc(Cl)c3)[nH]c2c1. The second kappa shape index (κ2) is 4.98. The van der Waals surface area contributed by atoms with Crippen molar-refractivity contribution in [3.63, 3.8) is 0 Å². The Bertz CT molecular complexity index is 718. The van der Waals surface area contributed by atoms with Crippen molar-refractivity contribution in [2.75, 3.05) is 0 Å². The Morgan fingerprint density at radius 1 is 1.11 bits per heavy atom. The van der Waals surface area contributed by atoms with Crippen molar-refractivity contribution in [3.8, 4) is 5.75 Å². The molecule has 2 nitrogen and oxygen atoms in total. The van der Waals surface area contributed by atoms with Crippen LogP contribution >= 0.6 is 11.6 Å². The number of aryl methyl sites for hydroxylation is 1. The van der Waals surface area contributed by atoms with Crippen LogP contribution in [0, 0.1) is 6.92 Å². The summed E-state index contributed by atoms with van der Waals surface area (Å²) in [5.41, 5.74) is 3.45. The lowest BCUT2D eigenvalue weighted by Gasteiger charge is -2.04. The van der Waals surface area contributed by atoms with E-state index in [0.29, 0.717) is 11.6 Å². The minimum absolute atomic E-state index is 0.508. The van der Waals surface area contributed by atoms with Gasteiger partial charge in [0.25, 0.3) is 0 Å². The molecular formula is C16H14ClNO. The number of H-pyrrole nitrogens is 1. The molecular weight excluding hydrogens is 258 g/mol. The first-order chi connectivity index (χ1) is 9.20. The number of ether oxygens (including phenoxy) is 1. The number of benzene rings is 2.